The number of rotatable bonds is 1. The highest BCUT2D eigenvalue weighted by Crippen LogP contribution is 2.29. The quantitative estimate of drug-likeness (QED) is 0.850. The van der Waals surface area contributed by atoms with Crippen LogP contribution in [0.15, 0.2) is 57.8 Å². The van der Waals surface area contributed by atoms with Gasteiger partial charge in [0, 0.05) is 10.7 Å². The largest absolute Gasteiger partial charge is 0.325 e. The number of halogens is 1. The molecule has 5 nitrogen and oxygen atoms in total. The first-order valence-electron chi connectivity index (χ1n) is 5.78. The van der Waals surface area contributed by atoms with Crippen LogP contribution in [0.25, 0.3) is 0 Å². The van der Waals surface area contributed by atoms with Gasteiger partial charge in [-0.2, -0.15) is 8.42 Å². The molecule has 3 rings (SSSR count). The van der Waals surface area contributed by atoms with Gasteiger partial charge in [0.25, 0.3) is 10.0 Å². The Morgan fingerprint density at radius 1 is 1.10 bits per heavy atom. The van der Waals surface area contributed by atoms with Crippen LogP contribution in [-0.2, 0) is 10.0 Å². The number of guanidine groups is 1. The minimum atomic E-state index is -3.72. The zero-order chi connectivity index (χ0) is 14.2. The molecule has 0 radical (unpaired) electrons. The normalized spacial score (nSPS) is 15.8. The van der Waals surface area contributed by atoms with Crippen molar-refractivity contribution in [2.45, 2.75) is 4.90 Å². The summed E-state index contributed by atoms with van der Waals surface area (Å²) in [5.74, 6) is 0.144. The zero-order valence-corrected chi connectivity index (χ0v) is 11.7. The number of hydrogen-bond donors (Lipinski definition) is 2. The third-order valence-electron chi connectivity index (χ3n) is 2.72. The molecule has 0 aromatic heterocycles. The lowest BCUT2D eigenvalue weighted by atomic mass is 10.3. The average Bonchev–Trinajstić information content (AvgIpc) is 2.38. The van der Waals surface area contributed by atoms with E-state index in [2.05, 4.69) is 15.0 Å². The highest BCUT2D eigenvalue weighted by molar-refractivity contribution is 7.90. The fraction of sp³-hybridized carbons (Fsp3) is 0. The summed E-state index contributed by atoms with van der Waals surface area (Å²) in [6.45, 7) is 0. The van der Waals surface area contributed by atoms with Gasteiger partial charge in [-0.25, -0.2) is 0 Å². The second-order valence-electron chi connectivity index (χ2n) is 4.17. The summed E-state index contributed by atoms with van der Waals surface area (Å²) in [6.07, 6.45) is 0. The van der Waals surface area contributed by atoms with E-state index < -0.39 is 10.0 Å². The molecule has 0 fully saturated rings. The summed E-state index contributed by atoms with van der Waals surface area (Å²) < 4.78 is 27.9. The lowest BCUT2D eigenvalue weighted by molar-refractivity contribution is 0.598. The summed E-state index contributed by atoms with van der Waals surface area (Å²) >= 11 is 5.88. The van der Waals surface area contributed by atoms with Crippen molar-refractivity contribution in [1.29, 1.82) is 0 Å². The van der Waals surface area contributed by atoms with Crippen LogP contribution in [0.1, 0.15) is 0 Å². The first-order valence-corrected chi connectivity index (χ1v) is 7.60. The van der Waals surface area contributed by atoms with Crippen LogP contribution in [0.2, 0.25) is 5.02 Å². The van der Waals surface area contributed by atoms with Gasteiger partial charge in [-0.3, -0.25) is 0 Å². The molecule has 1 aliphatic rings. The van der Waals surface area contributed by atoms with Crippen molar-refractivity contribution in [3.63, 3.8) is 0 Å². The van der Waals surface area contributed by atoms with Gasteiger partial charge in [0.15, 0.2) is 0 Å². The first kappa shape index (κ1) is 13.0. The molecule has 0 aliphatic carbocycles. The maximum Gasteiger partial charge on any atom is 0.287 e. The number of hydrogen-bond acceptors (Lipinski definition) is 4. The predicted octanol–water partition coefficient (Wildman–Crippen LogP) is 2.92. The van der Waals surface area contributed by atoms with Crippen LogP contribution >= 0.6 is 11.6 Å². The van der Waals surface area contributed by atoms with Gasteiger partial charge in [0.05, 0.1) is 5.69 Å². The Kier molecular flexibility index (Phi) is 3.11. The fourth-order valence-electron chi connectivity index (χ4n) is 1.86. The molecule has 0 bridgehead atoms. The molecule has 1 heterocycles. The van der Waals surface area contributed by atoms with Gasteiger partial charge in [-0.05, 0) is 30.3 Å². The van der Waals surface area contributed by atoms with E-state index in [0.29, 0.717) is 10.7 Å². The van der Waals surface area contributed by atoms with Crippen LogP contribution in [0.3, 0.4) is 0 Å². The summed E-state index contributed by atoms with van der Waals surface area (Å²) in [5, 5.41) is 6.28. The van der Waals surface area contributed by atoms with E-state index in [0.717, 1.165) is 5.69 Å². The van der Waals surface area contributed by atoms with E-state index in [-0.39, 0.29) is 10.9 Å². The monoisotopic (exact) mass is 307 g/mol. The maximum absolute atomic E-state index is 12.1. The topological polar surface area (TPSA) is 70.6 Å². The van der Waals surface area contributed by atoms with Crippen molar-refractivity contribution in [3.8, 4) is 0 Å². The standard InChI is InChI=1S/C13H10ClN3O2S/c14-9-6-7-12-11(8-9)16-13(17-20(12,18)19)15-10-4-2-1-3-5-10/h1-8H,(H2,15,16,17). The van der Waals surface area contributed by atoms with Crippen LogP contribution in [-0.4, -0.2) is 14.4 Å². The molecule has 0 amide bonds. The summed E-state index contributed by atoms with van der Waals surface area (Å²) in [5.41, 5.74) is 1.14. The molecule has 2 aromatic rings. The van der Waals surface area contributed by atoms with Crippen molar-refractivity contribution < 1.29 is 8.42 Å². The number of anilines is 2. The molecule has 0 saturated carbocycles. The fourth-order valence-corrected chi connectivity index (χ4v) is 3.09. The minimum absolute atomic E-state index is 0.112. The van der Waals surface area contributed by atoms with Crippen LogP contribution < -0.4 is 10.6 Å². The van der Waals surface area contributed by atoms with Crippen LogP contribution in [0.4, 0.5) is 11.4 Å². The van der Waals surface area contributed by atoms with Crippen LogP contribution in [0.5, 0.6) is 0 Å². The zero-order valence-electron chi connectivity index (χ0n) is 10.2. The molecule has 2 N–H and O–H groups in total. The lowest BCUT2D eigenvalue weighted by Gasteiger charge is -2.19. The molecule has 102 valence electrons. The van der Waals surface area contributed by atoms with E-state index >= 15 is 0 Å². The molecular formula is C13H10ClN3O2S. The molecule has 20 heavy (non-hydrogen) atoms. The number of sulfonamides is 1. The highest BCUT2D eigenvalue weighted by Gasteiger charge is 2.25. The van der Waals surface area contributed by atoms with Gasteiger partial charge >= 0.3 is 0 Å². The summed E-state index contributed by atoms with van der Waals surface area (Å²) in [7, 11) is -3.72. The van der Waals surface area contributed by atoms with Crippen molar-refractivity contribution in [1.82, 2.24) is 0 Å². The Labute approximate surface area is 121 Å². The second-order valence-corrected chi connectivity index (χ2v) is 6.18. The minimum Gasteiger partial charge on any atom is -0.325 e. The van der Waals surface area contributed by atoms with Crippen molar-refractivity contribution in [3.05, 3.63) is 53.6 Å². The molecular weight excluding hydrogens is 298 g/mol. The Morgan fingerprint density at radius 2 is 1.85 bits per heavy atom. The van der Waals surface area contributed by atoms with Gasteiger partial charge in [-0.15, -0.1) is 4.40 Å². The van der Waals surface area contributed by atoms with Crippen LogP contribution in [0, 0.1) is 0 Å². The number of fused-ring (bicyclic) bond motifs is 1. The second kappa shape index (κ2) is 4.81. The van der Waals surface area contributed by atoms with Gasteiger partial charge in [0.2, 0.25) is 5.96 Å². The van der Waals surface area contributed by atoms with Gasteiger partial charge < -0.3 is 10.6 Å². The van der Waals surface area contributed by atoms with E-state index in [9.17, 15) is 8.42 Å². The molecule has 1 aliphatic heterocycles. The lowest BCUT2D eigenvalue weighted by Crippen LogP contribution is -2.28. The highest BCUT2D eigenvalue weighted by atomic mass is 35.5. The molecule has 0 unspecified atom stereocenters. The van der Waals surface area contributed by atoms with Crippen molar-refractivity contribution >= 4 is 39.0 Å². The van der Waals surface area contributed by atoms with E-state index in [1.165, 1.54) is 12.1 Å². The third kappa shape index (κ3) is 2.48. The predicted molar refractivity (Wildman–Crippen MR) is 79.8 cm³/mol. The number of benzene rings is 2. The van der Waals surface area contributed by atoms with E-state index in [1.807, 2.05) is 30.3 Å². The van der Waals surface area contributed by atoms with Crippen molar-refractivity contribution in [2.24, 2.45) is 4.40 Å². The molecule has 0 atom stereocenters. The molecule has 2 aromatic carbocycles. The van der Waals surface area contributed by atoms with Gasteiger partial charge in [-0.1, -0.05) is 29.8 Å². The summed E-state index contributed by atoms with van der Waals surface area (Å²) in [4.78, 5) is 0.112. The third-order valence-corrected chi connectivity index (χ3v) is 4.29. The number of para-hydroxylation sites is 1. The first-order chi connectivity index (χ1) is 9.54. The summed E-state index contributed by atoms with van der Waals surface area (Å²) in [6, 6.07) is 13.7. The van der Waals surface area contributed by atoms with E-state index in [1.54, 1.807) is 6.07 Å². The molecule has 7 heteroatoms. The number of nitrogens with zero attached hydrogens (tertiary/aromatic N) is 1. The SMILES string of the molecule is O=S1(=O)N=C(Nc2ccccc2)Nc2cc(Cl)ccc21. The van der Waals surface area contributed by atoms with E-state index in [4.69, 9.17) is 11.6 Å². The Hall–Kier alpha value is -2.05. The van der Waals surface area contributed by atoms with Crippen molar-refractivity contribution in [2.75, 3.05) is 10.6 Å². The Bertz CT molecular complexity index is 789. The maximum atomic E-state index is 12.1. The Balaban J connectivity index is 1.98. The average molecular weight is 308 g/mol. The molecule has 0 spiro atoms. The van der Waals surface area contributed by atoms with Gasteiger partial charge in [0.1, 0.15) is 4.90 Å². The number of nitrogens with one attached hydrogen (secondary N) is 2. The Morgan fingerprint density at radius 3 is 2.60 bits per heavy atom. The molecule has 0 saturated heterocycles. The smallest absolute Gasteiger partial charge is 0.287 e.